The molecule has 2 rings (SSSR count). The van der Waals surface area contributed by atoms with Gasteiger partial charge in [0.25, 0.3) is 0 Å². The van der Waals surface area contributed by atoms with E-state index in [1.165, 1.54) is 12.1 Å². The number of amides is 1. The fourth-order valence-corrected chi connectivity index (χ4v) is 2.42. The minimum absolute atomic E-state index is 0.0328. The first-order chi connectivity index (χ1) is 9.47. The van der Waals surface area contributed by atoms with Crippen LogP contribution in [0.15, 0.2) is 18.2 Å². The number of halogens is 2. The number of hydrogen-bond acceptors (Lipinski definition) is 3. The first-order valence-electron chi connectivity index (χ1n) is 6.19. The summed E-state index contributed by atoms with van der Waals surface area (Å²) in [5, 5.41) is 11.7. The molecule has 1 aromatic carbocycles. The minimum atomic E-state index is -0.937. The summed E-state index contributed by atoms with van der Waals surface area (Å²) < 4.78 is 13.5. The van der Waals surface area contributed by atoms with Crippen molar-refractivity contribution < 1.29 is 19.1 Å². The highest BCUT2D eigenvalue weighted by Gasteiger charge is 2.31. The van der Waals surface area contributed by atoms with E-state index in [0.29, 0.717) is 13.0 Å². The Morgan fingerprint density at radius 1 is 1.50 bits per heavy atom. The zero-order valence-corrected chi connectivity index (χ0v) is 11.4. The molecule has 0 saturated carbocycles. The van der Waals surface area contributed by atoms with Crippen LogP contribution in [0.4, 0.5) is 10.1 Å². The molecule has 5 nitrogen and oxygen atoms in total. The van der Waals surface area contributed by atoms with Crippen LogP contribution in [0.2, 0.25) is 5.02 Å². The average molecular weight is 301 g/mol. The van der Waals surface area contributed by atoms with Crippen LogP contribution in [0.3, 0.4) is 0 Å². The van der Waals surface area contributed by atoms with E-state index in [4.69, 9.17) is 16.7 Å². The number of nitrogens with one attached hydrogen (secondary N) is 1. The van der Waals surface area contributed by atoms with Gasteiger partial charge in [-0.25, -0.2) is 4.39 Å². The van der Waals surface area contributed by atoms with Crippen molar-refractivity contribution >= 4 is 29.2 Å². The molecule has 1 saturated heterocycles. The fraction of sp³-hybridized carbons (Fsp3) is 0.385. The van der Waals surface area contributed by atoms with Crippen molar-refractivity contribution in [1.29, 1.82) is 0 Å². The summed E-state index contributed by atoms with van der Waals surface area (Å²) in [4.78, 5) is 24.4. The van der Waals surface area contributed by atoms with Crippen molar-refractivity contribution in [1.82, 2.24) is 4.90 Å². The third kappa shape index (κ3) is 3.46. The Morgan fingerprint density at radius 2 is 2.25 bits per heavy atom. The second kappa shape index (κ2) is 6.19. The van der Waals surface area contributed by atoms with Gasteiger partial charge in [0.2, 0.25) is 5.91 Å². The van der Waals surface area contributed by atoms with Crippen LogP contribution >= 0.6 is 11.6 Å². The molecule has 1 aliphatic rings. The number of anilines is 1. The Hall–Kier alpha value is -1.66. The lowest BCUT2D eigenvalue weighted by Gasteiger charge is -2.20. The van der Waals surface area contributed by atoms with Gasteiger partial charge in [-0.05, 0) is 37.6 Å². The number of carboxylic acid groups (broad SMARTS) is 1. The molecule has 1 amide bonds. The summed E-state index contributed by atoms with van der Waals surface area (Å²) in [6.45, 7) is 0.479. The number of likely N-dealkylation sites (tertiary alicyclic amines) is 1. The lowest BCUT2D eigenvalue weighted by Crippen LogP contribution is -2.41. The van der Waals surface area contributed by atoms with Crippen LogP contribution in [0.25, 0.3) is 0 Å². The second-order valence-electron chi connectivity index (χ2n) is 4.64. The Balaban J connectivity index is 1.97. The van der Waals surface area contributed by atoms with Crippen molar-refractivity contribution in [2.24, 2.45) is 0 Å². The molecular formula is C13H14ClFN2O3. The molecule has 1 aromatic rings. The highest BCUT2D eigenvalue weighted by molar-refractivity contribution is 6.30. The summed E-state index contributed by atoms with van der Waals surface area (Å²) in [5.41, 5.74) is 0.0328. The quantitative estimate of drug-likeness (QED) is 0.892. The average Bonchev–Trinajstić information content (AvgIpc) is 2.81. The van der Waals surface area contributed by atoms with E-state index in [1.807, 2.05) is 0 Å². The maximum Gasteiger partial charge on any atom is 0.320 e. The van der Waals surface area contributed by atoms with E-state index >= 15 is 0 Å². The number of hydrogen-bond donors (Lipinski definition) is 2. The van der Waals surface area contributed by atoms with Crippen LogP contribution in [-0.2, 0) is 9.59 Å². The Labute approximate surface area is 120 Å². The molecule has 0 aromatic heterocycles. The number of carbonyl (C=O) groups excluding carboxylic acids is 1. The van der Waals surface area contributed by atoms with Gasteiger partial charge in [0.1, 0.15) is 11.9 Å². The van der Waals surface area contributed by atoms with Crippen LogP contribution in [0.5, 0.6) is 0 Å². The second-order valence-corrected chi connectivity index (χ2v) is 5.08. The molecule has 0 bridgehead atoms. The summed E-state index contributed by atoms with van der Waals surface area (Å²) in [6.07, 6.45) is 1.26. The molecule has 108 valence electrons. The van der Waals surface area contributed by atoms with Crippen molar-refractivity contribution in [3.05, 3.63) is 29.0 Å². The molecular weight excluding hydrogens is 287 g/mol. The molecule has 1 atom stereocenters. The molecule has 1 fully saturated rings. The lowest BCUT2D eigenvalue weighted by atomic mass is 10.2. The number of rotatable bonds is 4. The van der Waals surface area contributed by atoms with Gasteiger partial charge in [-0.15, -0.1) is 0 Å². The molecule has 0 radical (unpaired) electrons. The molecule has 1 aliphatic heterocycles. The van der Waals surface area contributed by atoms with E-state index in [1.54, 1.807) is 4.90 Å². The maximum absolute atomic E-state index is 13.5. The highest BCUT2D eigenvalue weighted by Crippen LogP contribution is 2.20. The third-order valence-corrected chi connectivity index (χ3v) is 3.44. The van der Waals surface area contributed by atoms with Gasteiger partial charge in [-0.2, -0.15) is 0 Å². The van der Waals surface area contributed by atoms with Gasteiger partial charge in [0.15, 0.2) is 0 Å². The van der Waals surface area contributed by atoms with Gasteiger partial charge in [-0.1, -0.05) is 11.6 Å². The van der Waals surface area contributed by atoms with E-state index in [9.17, 15) is 14.0 Å². The van der Waals surface area contributed by atoms with Gasteiger partial charge in [0.05, 0.1) is 12.2 Å². The smallest absolute Gasteiger partial charge is 0.320 e. The molecule has 20 heavy (non-hydrogen) atoms. The molecule has 0 aliphatic carbocycles. The predicted molar refractivity (Wildman–Crippen MR) is 72.3 cm³/mol. The molecule has 7 heteroatoms. The summed E-state index contributed by atoms with van der Waals surface area (Å²) in [7, 11) is 0. The normalized spacial score (nSPS) is 19.0. The zero-order chi connectivity index (χ0) is 14.7. The van der Waals surface area contributed by atoms with E-state index < -0.39 is 23.7 Å². The van der Waals surface area contributed by atoms with Gasteiger partial charge >= 0.3 is 5.97 Å². The van der Waals surface area contributed by atoms with Gasteiger partial charge in [0, 0.05) is 5.02 Å². The largest absolute Gasteiger partial charge is 0.480 e. The van der Waals surface area contributed by atoms with Crippen LogP contribution in [0.1, 0.15) is 12.8 Å². The Kier molecular flexibility index (Phi) is 4.57. The van der Waals surface area contributed by atoms with E-state index in [2.05, 4.69) is 5.32 Å². The monoisotopic (exact) mass is 300 g/mol. The standard InChI is InChI=1S/C13H14ClFN2O3/c14-8-3-4-10(9(15)6-8)16-12(18)7-17-5-1-2-11(17)13(19)20/h3-4,6,11H,1-2,5,7H2,(H,16,18)(H,19,20). The molecule has 1 unspecified atom stereocenters. The Morgan fingerprint density at radius 3 is 2.90 bits per heavy atom. The van der Waals surface area contributed by atoms with Crippen LogP contribution < -0.4 is 5.32 Å². The summed E-state index contributed by atoms with van der Waals surface area (Å²) >= 11 is 5.62. The van der Waals surface area contributed by atoms with Crippen molar-refractivity contribution in [3.8, 4) is 0 Å². The first-order valence-corrected chi connectivity index (χ1v) is 6.57. The summed E-state index contributed by atoms with van der Waals surface area (Å²) in [5.74, 6) is -2.01. The third-order valence-electron chi connectivity index (χ3n) is 3.20. The maximum atomic E-state index is 13.5. The first kappa shape index (κ1) is 14.7. The van der Waals surface area contributed by atoms with Crippen LogP contribution in [0, 0.1) is 5.82 Å². The lowest BCUT2D eigenvalue weighted by molar-refractivity contribution is -0.142. The van der Waals surface area contributed by atoms with Gasteiger partial charge in [-0.3, -0.25) is 14.5 Å². The minimum Gasteiger partial charge on any atom is -0.480 e. The number of carbonyl (C=O) groups is 2. The Bertz CT molecular complexity index is 538. The van der Waals surface area contributed by atoms with Crippen LogP contribution in [-0.4, -0.2) is 41.0 Å². The summed E-state index contributed by atoms with van der Waals surface area (Å²) in [6, 6.07) is 3.30. The topological polar surface area (TPSA) is 69.6 Å². The van der Waals surface area contributed by atoms with Gasteiger partial charge < -0.3 is 10.4 Å². The molecule has 1 heterocycles. The number of aliphatic carboxylic acids is 1. The number of benzene rings is 1. The SMILES string of the molecule is O=C(CN1CCCC1C(=O)O)Nc1ccc(Cl)cc1F. The number of nitrogens with zero attached hydrogens (tertiary/aromatic N) is 1. The van der Waals surface area contributed by atoms with E-state index in [0.717, 1.165) is 12.5 Å². The highest BCUT2D eigenvalue weighted by atomic mass is 35.5. The molecule has 0 spiro atoms. The molecule has 2 N–H and O–H groups in total. The van der Waals surface area contributed by atoms with Crippen molar-refractivity contribution in [3.63, 3.8) is 0 Å². The van der Waals surface area contributed by atoms with Crippen molar-refractivity contribution in [2.75, 3.05) is 18.4 Å². The predicted octanol–water partition coefficient (Wildman–Crippen LogP) is 1.97. The fourth-order valence-electron chi connectivity index (χ4n) is 2.26. The zero-order valence-electron chi connectivity index (χ0n) is 10.6. The van der Waals surface area contributed by atoms with Crippen molar-refractivity contribution in [2.45, 2.75) is 18.9 Å². The number of carboxylic acids is 1. The van der Waals surface area contributed by atoms with E-state index in [-0.39, 0.29) is 17.3 Å².